The Morgan fingerprint density at radius 3 is 2.19 bits per heavy atom. The molecule has 1 aliphatic carbocycles. The second kappa shape index (κ2) is 5.00. The Kier molecular flexibility index (Phi) is 3.85. The molecular weight excluding hydrogens is 336 g/mol. The van der Waals surface area contributed by atoms with E-state index in [1.54, 1.807) is 6.08 Å². The van der Waals surface area contributed by atoms with Crippen molar-refractivity contribution in [1.29, 1.82) is 0 Å². The third-order valence-corrected chi connectivity index (χ3v) is 5.60. The van der Waals surface area contributed by atoms with Crippen LogP contribution in [0.1, 0.15) is 5.56 Å². The molecule has 16 heavy (non-hydrogen) atoms. The van der Waals surface area contributed by atoms with Crippen LogP contribution in [0.2, 0.25) is 0 Å². The van der Waals surface area contributed by atoms with Gasteiger partial charge in [0.15, 0.2) is 0 Å². The Morgan fingerprint density at radius 2 is 1.56 bits per heavy atom. The maximum Gasteiger partial charge on any atom is 0.0930 e. The second-order valence-corrected chi connectivity index (χ2v) is 5.93. The summed E-state index contributed by atoms with van der Waals surface area (Å²) in [7, 11) is 0. The monoisotopic (exact) mass is 346 g/mol. The van der Waals surface area contributed by atoms with Gasteiger partial charge in [-0.15, -0.1) is 0 Å². The van der Waals surface area contributed by atoms with E-state index in [0.717, 1.165) is 11.1 Å². The minimum Gasteiger partial charge on any atom is -0.388 e. The fourth-order valence-corrected chi connectivity index (χ4v) is 2.85. The molecule has 4 atom stereocenters. The van der Waals surface area contributed by atoms with Gasteiger partial charge in [-0.1, -0.05) is 62.2 Å². The van der Waals surface area contributed by atoms with Gasteiger partial charge in [0.2, 0.25) is 0 Å². The van der Waals surface area contributed by atoms with Crippen molar-refractivity contribution in [2.24, 2.45) is 0 Å². The number of halogens is 2. The average molecular weight is 348 g/mol. The molecule has 0 amide bonds. The van der Waals surface area contributed by atoms with E-state index in [1.165, 1.54) is 0 Å². The second-order valence-electron chi connectivity index (χ2n) is 3.81. The third kappa shape index (κ3) is 2.25. The van der Waals surface area contributed by atoms with Crippen molar-refractivity contribution in [2.45, 2.75) is 21.9 Å². The predicted molar refractivity (Wildman–Crippen MR) is 71.9 cm³/mol. The van der Waals surface area contributed by atoms with Crippen molar-refractivity contribution in [3.05, 3.63) is 42.0 Å². The molecule has 0 heterocycles. The van der Waals surface area contributed by atoms with Crippen LogP contribution in [0, 0.1) is 0 Å². The van der Waals surface area contributed by atoms with Crippen molar-refractivity contribution < 1.29 is 10.2 Å². The first kappa shape index (κ1) is 12.3. The van der Waals surface area contributed by atoms with Crippen molar-refractivity contribution in [3.8, 4) is 0 Å². The summed E-state index contributed by atoms with van der Waals surface area (Å²) in [6.45, 7) is 0. The van der Waals surface area contributed by atoms with Crippen LogP contribution in [0.15, 0.2) is 36.4 Å². The van der Waals surface area contributed by atoms with E-state index >= 15 is 0 Å². The van der Waals surface area contributed by atoms with Gasteiger partial charge in [-0.05, 0) is 17.2 Å². The van der Waals surface area contributed by atoms with E-state index in [4.69, 9.17) is 0 Å². The lowest BCUT2D eigenvalue weighted by atomic mass is 9.89. The molecule has 0 aromatic heterocycles. The summed E-state index contributed by atoms with van der Waals surface area (Å²) in [6, 6.07) is 9.61. The summed E-state index contributed by atoms with van der Waals surface area (Å²) in [5.74, 6) is 0. The van der Waals surface area contributed by atoms with Gasteiger partial charge >= 0.3 is 0 Å². The molecule has 2 nitrogen and oxygen atoms in total. The first-order valence-corrected chi connectivity index (χ1v) is 6.86. The van der Waals surface area contributed by atoms with Crippen LogP contribution >= 0.6 is 31.9 Å². The Bertz CT molecular complexity index is 391. The number of hydrogen-bond acceptors (Lipinski definition) is 2. The zero-order valence-corrected chi connectivity index (χ0v) is 11.6. The molecule has 0 radical (unpaired) electrons. The summed E-state index contributed by atoms with van der Waals surface area (Å²) in [5.41, 5.74) is 1.71. The van der Waals surface area contributed by atoms with E-state index < -0.39 is 12.2 Å². The number of hydrogen-bond donors (Lipinski definition) is 2. The first-order chi connectivity index (χ1) is 7.61. The lowest BCUT2D eigenvalue weighted by molar-refractivity contribution is 0.168. The van der Waals surface area contributed by atoms with Crippen LogP contribution in [0.4, 0.5) is 0 Å². The van der Waals surface area contributed by atoms with Gasteiger partial charge in [-0.3, -0.25) is 0 Å². The van der Waals surface area contributed by atoms with Gasteiger partial charge in [0.25, 0.3) is 0 Å². The van der Waals surface area contributed by atoms with Crippen LogP contribution in [0.25, 0.3) is 5.57 Å². The Hall–Kier alpha value is -0.160. The zero-order chi connectivity index (χ0) is 11.7. The summed E-state index contributed by atoms with van der Waals surface area (Å²) in [5, 5.41) is 20.0. The van der Waals surface area contributed by atoms with Gasteiger partial charge in [0.1, 0.15) is 0 Å². The smallest absolute Gasteiger partial charge is 0.0930 e. The predicted octanol–water partition coefficient (Wildman–Crippen LogP) is 2.33. The average Bonchev–Trinajstić information content (AvgIpc) is 2.32. The molecule has 0 unspecified atom stereocenters. The SMILES string of the molecule is O[C@@H]1C=C(c2ccccc2)[C@@H](O)[C@H](Br)[C@H]1Br. The largest absolute Gasteiger partial charge is 0.388 e. The molecule has 2 rings (SSSR count). The van der Waals surface area contributed by atoms with Crippen LogP contribution < -0.4 is 0 Å². The maximum absolute atomic E-state index is 10.1. The quantitative estimate of drug-likeness (QED) is 0.765. The topological polar surface area (TPSA) is 40.5 Å². The molecule has 4 heteroatoms. The van der Waals surface area contributed by atoms with Gasteiger partial charge in [-0.25, -0.2) is 0 Å². The molecule has 1 aliphatic rings. The number of benzene rings is 1. The van der Waals surface area contributed by atoms with E-state index in [2.05, 4.69) is 31.9 Å². The van der Waals surface area contributed by atoms with Crippen molar-refractivity contribution in [1.82, 2.24) is 0 Å². The highest BCUT2D eigenvalue weighted by Crippen LogP contribution is 2.35. The van der Waals surface area contributed by atoms with Crippen molar-refractivity contribution in [3.63, 3.8) is 0 Å². The van der Waals surface area contributed by atoms with E-state index in [9.17, 15) is 10.2 Å². The summed E-state index contributed by atoms with van der Waals surface area (Å²) >= 11 is 6.76. The fraction of sp³-hybridized carbons (Fsp3) is 0.333. The summed E-state index contributed by atoms with van der Waals surface area (Å²) in [4.78, 5) is -0.363. The first-order valence-electron chi connectivity index (χ1n) is 5.02. The molecular formula is C12H12Br2O2. The van der Waals surface area contributed by atoms with Gasteiger partial charge < -0.3 is 10.2 Å². The summed E-state index contributed by atoms with van der Waals surface area (Å²) in [6.07, 6.45) is 0.495. The lowest BCUT2D eigenvalue weighted by Crippen LogP contribution is -2.41. The minimum absolute atomic E-state index is 0.171. The number of alkyl halides is 2. The highest BCUT2D eigenvalue weighted by atomic mass is 79.9. The van der Waals surface area contributed by atoms with Crippen molar-refractivity contribution >= 4 is 37.4 Å². The van der Waals surface area contributed by atoms with Crippen LogP contribution in [0.3, 0.4) is 0 Å². The molecule has 1 aromatic carbocycles. The van der Waals surface area contributed by atoms with Gasteiger partial charge in [0.05, 0.1) is 21.9 Å². The van der Waals surface area contributed by atoms with Crippen molar-refractivity contribution in [2.75, 3.05) is 0 Å². The number of aliphatic hydroxyl groups is 2. The highest BCUT2D eigenvalue weighted by molar-refractivity contribution is 9.12. The van der Waals surface area contributed by atoms with Gasteiger partial charge in [0, 0.05) is 0 Å². The molecule has 0 bridgehead atoms. The standard InChI is InChI=1S/C12H12Br2O2/c13-10-9(15)6-8(12(16)11(10)14)7-4-2-1-3-5-7/h1-6,9-12,15-16H/t9-,10+,11-,12-/m1/s1. The molecule has 0 saturated carbocycles. The van der Waals surface area contributed by atoms with Crippen LogP contribution in [-0.2, 0) is 0 Å². The Labute approximate surface area is 111 Å². The molecule has 2 N–H and O–H groups in total. The molecule has 1 aromatic rings. The number of rotatable bonds is 1. The molecule has 0 aliphatic heterocycles. The molecule has 0 spiro atoms. The normalized spacial score (nSPS) is 34.6. The third-order valence-electron chi connectivity index (χ3n) is 2.71. The summed E-state index contributed by atoms with van der Waals surface area (Å²) < 4.78 is 0. The van der Waals surface area contributed by atoms with Crippen LogP contribution in [0.5, 0.6) is 0 Å². The fourth-order valence-electron chi connectivity index (χ4n) is 1.81. The van der Waals surface area contributed by atoms with Gasteiger partial charge in [-0.2, -0.15) is 0 Å². The molecule has 86 valence electrons. The minimum atomic E-state index is -0.616. The Morgan fingerprint density at radius 1 is 0.938 bits per heavy atom. The Balaban J connectivity index is 2.38. The van der Waals surface area contributed by atoms with Crippen LogP contribution in [-0.4, -0.2) is 32.1 Å². The highest BCUT2D eigenvalue weighted by Gasteiger charge is 2.35. The number of aliphatic hydroxyl groups excluding tert-OH is 2. The zero-order valence-electron chi connectivity index (χ0n) is 8.42. The molecule has 0 saturated heterocycles. The maximum atomic E-state index is 10.1. The van der Waals surface area contributed by atoms with E-state index in [0.29, 0.717) is 0 Å². The van der Waals surface area contributed by atoms with E-state index in [1.807, 2.05) is 30.3 Å². The molecule has 0 fully saturated rings. The van der Waals surface area contributed by atoms with E-state index in [-0.39, 0.29) is 9.65 Å². The lowest BCUT2D eigenvalue weighted by Gasteiger charge is -2.32.